The van der Waals surface area contributed by atoms with Crippen LogP contribution >= 0.6 is 0 Å². The Morgan fingerprint density at radius 3 is 2.26 bits per heavy atom. The van der Waals surface area contributed by atoms with Crippen LogP contribution in [0.1, 0.15) is 18.5 Å². The van der Waals surface area contributed by atoms with E-state index in [9.17, 15) is 14.4 Å². The zero-order valence-corrected chi connectivity index (χ0v) is 16.1. The van der Waals surface area contributed by atoms with Gasteiger partial charge in [0.1, 0.15) is 11.4 Å². The molecule has 2 aromatic rings. The van der Waals surface area contributed by atoms with E-state index in [-0.39, 0.29) is 11.9 Å². The van der Waals surface area contributed by atoms with Gasteiger partial charge in [-0.05, 0) is 19.7 Å². The van der Waals surface area contributed by atoms with Crippen LogP contribution in [-0.4, -0.2) is 62.5 Å². The van der Waals surface area contributed by atoms with Crippen molar-refractivity contribution in [3.63, 3.8) is 0 Å². The first kappa shape index (κ1) is 19.1. The Balaban J connectivity index is 1.71. The number of likely N-dealkylation sites (N-methyl/N-ethyl adjacent to an activating group) is 1. The summed E-state index contributed by atoms with van der Waals surface area (Å²) in [5, 5.41) is 3.21. The van der Waals surface area contributed by atoms with E-state index in [0.717, 1.165) is 5.56 Å². The summed E-state index contributed by atoms with van der Waals surface area (Å²) in [6, 6.07) is 10.1. The van der Waals surface area contributed by atoms with Crippen LogP contribution in [0.15, 0.2) is 39.9 Å². The number of carbonyl (C=O) groups excluding carboxylic acids is 1. The van der Waals surface area contributed by atoms with Gasteiger partial charge >= 0.3 is 0 Å². The van der Waals surface area contributed by atoms with Gasteiger partial charge in [0.05, 0.1) is 6.04 Å². The molecule has 1 saturated heterocycles. The van der Waals surface area contributed by atoms with E-state index in [1.54, 1.807) is 11.8 Å². The molecule has 1 atom stereocenters. The molecule has 7 nitrogen and oxygen atoms in total. The molecule has 0 spiro atoms. The number of piperazine rings is 1. The zero-order chi connectivity index (χ0) is 19.6. The van der Waals surface area contributed by atoms with Gasteiger partial charge in [0.2, 0.25) is 5.91 Å². The average Bonchev–Trinajstić information content (AvgIpc) is 2.67. The summed E-state index contributed by atoms with van der Waals surface area (Å²) >= 11 is 0. The maximum absolute atomic E-state index is 12.2. The molecule has 1 fully saturated rings. The molecule has 1 heterocycles. The van der Waals surface area contributed by atoms with Gasteiger partial charge < -0.3 is 20.0 Å². The Morgan fingerprint density at radius 2 is 1.70 bits per heavy atom. The molecule has 1 N–H and O–H groups in total. The van der Waals surface area contributed by atoms with Crippen LogP contribution in [0.5, 0.6) is 0 Å². The number of amides is 1. The molecular formula is C20H26N4O3. The second kappa shape index (κ2) is 7.92. The topological polar surface area (TPSA) is 73.0 Å². The first-order valence-electron chi connectivity index (χ1n) is 9.19. The lowest BCUT2D eigenvalue weighted by Gasteiger charge is -2.37. The van der Waals surface area contributed by atoms with E-state index >= 15 is 0 Å². The predicted molar refractivity (Wildman–Crippen MR) is 107 cm³/mol. The van der Waals surface area contributed by atoms with E-state index in [4.69, 9.17) is 0 Å². The van der Waals surface area contributed by atoms with Crippen molar-refractivity contribution in [3.05, 3.63) is 56.3 Å². The molecule has 1 aliphatic rings. The van der Waals surface area contributed by atoms with Crippen LogP contribution in [0.25, 0.3) is 0 Å². The highest BCUT2D eigenvalue weighted by molar-refractivity contribution is 5.77. The average molecular weight is 370 g/mol. The number of carbonyl (C=O) groups is 1. The highest BCUT2D eigenvalue weighted by atomic mass is 16.2. The predicted octanol–water partition coefficient (Wildman–Crippen LogP) is 0.666. The summed E-state index contributed by atoms with van der Waals surface area (Å²) in [4.78, 5) is 41.5. The minimum absolute atomic E-state index is 0.0367. The van der Waals surface area contributed by atoms with E-state index in [2.05, 4.69) is 22.3 Å². The van der Waals surface area contributed by atoms with Crippen molar-refractivity contribution in [2.45, 2.75) is 13.0 Å². The molecule has 0 aromatic heterocycles. The minimum Gasteiger partial charge on any atom is -0.378 e. The van der Waals surface area contributed by atoms with Crippen molar-refractivity contribution < 1.29 is 4.79 Å². The minimum atomic E-state index is -0.454. The summed E-state index contributed by atoms with van der Waals surface area (Å²) in [7, 11) is 3.98. The van der Waals surface area contributed by atoms with Crippen LogP contribution < -0.4 is 21.1 Å². The first-order chi connectivity index (χ1) is 12.9. The molecule has 27 heavy (non-hydrogen) atoms. The number of nitrogens with zero attached hydrogens (tertiary/aromatic N) is 3. The molecule has 0 saturated carbocycles. The summed E-state index contributed by atoms with van der Waals surface area (Å²) < 4.78 is 0. The largest absolute Gasteiger partial charge is 0.378 e. The lowest BCUT2D eigenvalue weighted by atomic mass is 10.1. The molecule has 0 radical (unpaired) electrons. The standard InChI is InChI=1S/C20H26N4O3/c1-14(25)23-9-11-24(12-10-23)18-17(19(26)20(18)27)21-13-16(22(2)3)15-7-5-4-6-8-15/h4-8,16,21H,9-13H2,1-3H3. The van der Waals surface area contributed by atoms with Crippen LogP contribution in [0.4, 0.5) is 11.4 Å². The molecule has 3 rings (SSSR count). The van der Waals surface area contributed by atoms with Gasteiger partial charge in [0.25, 0.3) is 10.9 Å². The Labute approximate surface area is 158 Å². The number of benzene rings is 1. The van der Waals surface area contributed by atoms with Gasteiger partial charge in [0.15, 0.2) is 0 Å². The maximum Gasteiger partial charge on any atom is 0.253 e. The molecule has 1 amide bonds. The van der Waals surface area contributed by atoms with Crippen molar-refractivity contribution in [1.82, 2.24) is 9.80 Å². The molecule has 7 heteroatoms. The molecular weight excluding hydrogens is 344 g/mol. The summed E-state index contributed by atoms with van der Waals surface area (Å²) in [6.07, 6.45) is 0. The lowest BCUT2D eigenvalue weighted by Crippen LogP contribution is -2.52. The van der Waals surface area contributed by atoms with Crippen molar-refractivity contribution in [1.29, 1.82) is 0 Å². The number of hydrogen-bond donors (Lipinski definition) is 1. The van der Waals surface area contributed by atoms with E-state index < -0.39 is 10.9 Å². The molecule has 144 valence electrons. The van der Waals surface area contributed by atoms with Crippen molar-refractivity contribution >= 4 is 17.3 Å². The van der Waals surface area contributed by atoms with E-state index in [1.165, 1.54) is 0 Å². The van der Waals surface area contributed by atoms with Gasteiger partial charge in [-0.1, -0.05) is 30.3 Å². The van der Waals surface area contributed by atoms with Gasteiger partial charge in [0, 0.05) is 39.6 Å². The Morgan fingerprint density at radius 1 is 1.07 bits per heavy atom. The Kier molecular flexibility index (Phi) is 5.60. The summed E-state index contributed by atoms with van der Waals surface area (Å²) in [5.74, 6) is 0.0367. The summed E-state index contributed by atoms with van der Waals surface area (Å²) in [5.41, 5.74) is 1.12. The van der Waals surface area contributed by atoms with Crippen LogP contribution in [0.2, 0.25) is 0 Å². The van der Waals surface area contributed by atoms with Gasteiger partial charge in [-0.15, -0.1) is 0 Å². The first-order valence-corrected chi connectivity index (χ1v) is 9.19. The number of hydrogen-bond acceptors (Lipinski definition) is 6. The second-order valence-corrected chi connectivity index (χ2v) is 7.15. The van der Waals surface area contributed by atoms with Crippen LogP contribution in [0.3, 0.4) is 0 Å². The molecule has 0 bridgehead atoms. The third-order valence-corrected chi connectivity index (χ3v) is 5.21. The number of rotatable bonds is 6. The number of anilines is 2. The van der Waals surface area contributed by atoms with Gasteiger partial charge in [-0.3, -0.25) is 14.4 Å². The lowest BCUT2D eigenvalue weighted by molar-refractivity contribution is -0.129. The molecule has 1 unspecified atom stereocenters. The summed E-state index contributed by atoms with van der Waals surface area (Å²) in [6.45, 7) is 4.34. The molecule has 1 aliphatic heterocycles. The second-order valence-electron chi connectivity index (χ2n) is 7.15. The van der Waals surface area contributed by atoms with E-state index in [1.807, 2.05) is 37.2 Å². The van der Waals surface area contributed by atoms with Crippen LogP contribution in [-0.2, 0) is 4.79 Å². The Hall–Kier alpha value is -2.67. The highest BCUT2D eigenvalue weighted by Gasteiger charge is 2.29. The highest BCUT2D eigenvalue weighted by Crippen LogP contribution is 2.24. The van der Waals surface area contributed by atoms with Crippen molar-refractivity contribution in [2.75, 3.05) is 57.0 Å². The normalized spacial score (nSPS) is 16.0. The zero-order valence-electron chi connectivity index (χ0n) is 16.1. The third kappa shape index (κ3) is 3.88. The SMILES string of the molecule is CC(=O)N1CCN(c2c(NCC(c3ccccc3)N(C)C)c(=O)c2=O)CC1. The smallest absolute Gasteiger partial charge is 0.253 e. The third-order valence-electron chi connectivity index (χ3n) is 5.21. The fourth-order valence-electron chi connectivity index (χ4n) is 3.56. The number of nitrogens with one attached hydrogen (secondary N) is 1. The van der Waals surface area contributed by atoms with E-state index in [0.29, 0.717) is 44.1 Å². The maximum atomic E-state index is 12.2. The Bertz CT molecular complexity index is 863. The van der Waals surface area contributed by atoms with Crippen LogP contribution in [0, 0.1) is 0 Å². The van der Waals surface area contributed by atoms with Gasteiger partial charge in [-0.2, -0.15) is 0 Å². The quantitative estimate of drug-likeness (QED) is 0.754. The molecule has 2 aromatic carbocycles. The fraction of sp³-hybridized carbons (Fsp3) is 0.450. The van der Waals surface area contributed by atoms with Crippen molar-refractivity contribution in [3.8, 4) is 0 Å². The monoisotopic (exact) mass is 370 g/mol. The fourth-order valence-corrected chi connectivity index (χ4v) is 3.56. The van der Waals surface area contributed by atoms with Crippen molar-refractivity contribution in [2.24, 2.45) is 0 Å². The van der Waals surface area contributed by atoms with Gasteiger partial charge in [-0.25, -0.2) is 0 Å². The molecule has 0 aliphatic carbocycles.